The van der Waals surface area contributed by atoms with Gasteiger partial charge in [-0.25, -0.2) is 0 Å². The maximum Gasteiger partial charge on any atom is 0.231 e. The average Bonchev–Trinajstić information content (AvgIpc) is 2.95. The number of hydrogen-bond donors (Lipinski definition) is 1. The molecule has 1 aliphatic heterocycles. The summed E-state index contributed by atoms with van der Waals surface area (Å²) in [5.74, 6) is 1.74. The minimum absolute atomic E-state index is 0.0889. The third-order valence-electron chi connectivity index (χ3n) is 4.02. The van der Waals surface area contributed by atoms with E-state index in [2.05, 4.69) is 29.8 Å². The van der Waals surface area contributed by atoms with Crippen molar-refractivity contribution in [3.8, 4) is 11.5 Å². The van der Waals surface area contributed by atoms with Crippen LogP contribution < -0.4 is 15.2 Å². The number of nitrogens with two attached hydrogens (primary N) is 1. The minimum Gasteiger partial charge on any atom is -0.454 e. The van der Waals surface area contributed by atoms with E-state index in [1.807, 2.05) is 6.07 Å². The van der Waals surface area contributed by atoms with Crippen LogP contribution in [-0.4, -0.2) is 12.8 Å². The Bertz CT molecular complexity index is 481. The third kappa shape index (κ3) is 1.50. The van der Waals surface area contributed by atoms with E-state index in [0.29, 0.717) is 6.79 Å². The van der Waals surface area contributed by atoms with E-state index < -0.39 is 0 Å². The average molecular weight is 298 g/mol. The molecule has 1 aromatic carbocycles. The highest BCUT2D eigenvalue weighted by molar-refractivity contribution is 9.10. The molecule has 0 aromatic heterocycles. The van der Waals surface area contributed by atoms with Crippen molar-refractivity contribution in [2.24, 2.45) is 5.73 Å². The van der Waals surface area contributed by atoms with Crippen molar-refractivity contribution in [2.45, 2.75) is 38.1 Å². The van der Waals surface area contributed by atoms with Crippen LogP contribution in [0.5, 0.6) is 11.5 Å². The summed E-state index contributed by atoms with van der Waals surface area (Å²) < 4.78 is 12.2. The molecule has 1 heterocycles. The summed E-state index contributed by atoms with van der Waals surface area (Å²) in [5.41, 5.74) is 8.73. The SMILES string of the molecule is Cc1c(Br)cc2c(c1C1(C(C)N)CC1)OCO2. The molecule has 1 aliphatic carbocycles. The van der Waals surface area contributed by atoms with Gasteiger partial charge in [0.1, 0.15) is 0 Å². The summed E-state index contributed by atoms with van der Waals surface area (Å²) in [5, 5.41) is 0. The summed E-state index contributed by atoms with van der Waals surface area (Å²) in [6.07, 6.45) is 2.27. The lowest BCUT2D eigenvalue weighted by Crippen LogP contribution is -2.32. The molecule has 2 N–H and O–H groups in total. The molecule has 4 heteroatoms. The lowest BCUT2D eigenvalue weighted by molar-refractivity contribution is 0.172. The Morgan fingerprint density at radius 3 is 2.71 bits per heavy atom. The predicted molar refractivity (Wildman–Crippen MR) is 69.6 cm³/mol. The molecule has 1 fully saturated rings. The summed E-state index contributed by atoms with van der Waals surface area (Å²) >= 11 is 3.59. The molecule has 92 valence electrons. The summed E-state index contributed by atoms with van der Waals surface area (Å²) in [6.45, 7) is 4.51. The molecule has 1 atom stereocenters. The number of benzene rings is 1. The topological polar surface area (TPSA) is 44.5 Å². The van der Waals surface area contributed by atoms with E-state index in [4.69, 9.17) is 15.2 Å². The molecule has 2 aliphatic rings. The van der Waals surface area contributed by atoms with Gasteiger partial charge in [0.2, 0.25) is 6.79 Å². The van der Waals surface area contributed by atoms with Crippen molar-refractivity contribution >= 4 is 15.9 Å². The van der Waals surface area contributed by atoms with Gasteiger partial charge < -0.3 is 15.2 Å². The molecule has 3 nitrogen and oxygen atoms in total. The Kier molecular flexibility index (Phi) is 2.42. The fraction of sp³-hybridized carbons (Fsp3) is 0.538. The van der Waals surface area contributed by atoms with Crippen molar-refractivity contribution in [3.05, 3.63) is 21.7 Å². The van der Waals surface area contributed by atoms with Gasteiger partial charge in [0.05, 0.1) is 0 Å². The Morgan fingerprint density at radius 2 is 2.12 bits per heavy atom. The number of fused-ring (bicyclic) bond motifs is 1. The second-order valence-electron chi connectivity index (χ2n) is 5.04. The van der Waals surface area contributed by atoms with E-state index >= 15 is 0 Å². The Hall–Kier alpha value is -0.740. The molecular formula is C13H16BrNO2. The highest BCUT2D eigenvalue weighted by Gasteiger charge is 2.51. The molecule has 0 amide bonds. The van der Waals surface area contributed by atoms with Crippen LogP contribution in [0.2, 0.25) is 0 Å². The third-order valence-corrected chi connectivity index (χ3v) is 4.84. The van der Waals surface area contributed by atoms with Gasteiger partial charge in [0.25, 0.3) is 0 Å². The van der Waals surface area contributed by atoms with E-state index in [9.17, 15) is 0 Å². The lowest BCUT2D eigenvalue weighted by atomic mass is 9.85. The first-order chi connectivity index (χ1) is 8.06. The number of ether oxygens (including phenoxy) is 2. The van der Waals surface area contributed by atoms with Gasteiger partial charge >= 0.3 is 0 Å². The first kappa shape index (κ1) is 11.4. The van der Waals surface area contributed by atoms with Crippen LogP contribution in [0.25, 0.3) is 0 Å². The molecule has 17 heavy (non-hydrogen) atoms. The minimum atomic E-state index is 0.0889. The Balaban J connectivity index is 2.22. The van der Waals surface area contributed by atoms with Crippen molar-refractivity contribution in [2.75, 3.05) is 6.79 Å². The van der Waals surface area contributed by atoms with Gasteiger partial charge in [0.15, 0.2) is 11.5 Å². The van der Waals surface area contributed by atoms with E-state index in [1.165, 1.54) is 11.1 Å². The molecular weight excluding hydrogens is 282 g/mol. The first-order valence-electron chi connectivity index (χ1n) is 5.91. The monoisotopic (exact) mass is 297 g/mol. The maximum atomic E-state index is 6.17. The van der Waals surface area contributed by atoms with Gasteiger partial charge in [0, 0.05) is 21.5 Å². The quantitative estimate of drug-likeness (QED) is 0.913. The molecule has 3 rings (SSSR count). The van der Waals surface area contributed by atoms with Crippen molar-refractivity contribution < 1.29 is 9.47 Å². The molecule has 0 spiro atoms. The maximum absolute atomic E-state index is 6.17. The fourth-order valence-corrected chi connectivity index (χ4v) is 3.18. The summed E-state index contributed by atoms with van der Waals surface area (Å²) in [7, 11) is 0. The summed E-state index contributed by atoms with van der Waals surface area (Å²) in [4.78, 5) is 0. The Labute approximate surface area is 109 Å². The lowest BCUT2D eigenvalue weighted by Gasteiger charge is -2.24. The van der Waals surface area contributed by atoms with Crippen LogP contribution in [0.15, 0.2) is 10.5 Å². The van der Waals surface area contributed by atoms with E-state index in [-0.39, 0.29) is 11.5 Å². The van der Waals surface area contributed by atoms with Crippen LogP contribution in [0, 0.1) is 6.92 Å². The second kappa shape index (κ2) is 3.62. The fourth-order valence-electron chi connectivity index (χ4n) is 2.77. The normalized spacial score (nSPS) is 21.4. The van der Waals surface area contributed by atoms with Gasteiger partial charge in [-0.2, -0.15) is 0 Å². The second-order valence-corrected chi connectivity index (χ2v) is 5.89. The number of halogens is 1. The van der Waals surface area contributed by atoms with Gasteiger partial charge in [-0.05, 0) is 38.3 Å². The zero-order chi connectivity index (χ0) is 12.2. The predicted octanol–water partition coefficient (Wildman–Crippen LogP) is 2.87. The van der Waals surface area contributed by atoms with Gasteiger partial charge in [-0.15, -0.1) is 0 Å². The smallest absolute Gasteiger partial charge is 0.231 e. The van der Waals surface area contributed by atoms with Crippen LogP contribution in [0.1, 0.15) is 30.9 Å². The zero-order valence-corrected chi connectivity index (χ0v) is 11.6. The molecule has 1 saturated carbocycles. The largest absolute Gasteiger partial charge is 0.454 e. The first-order valence-corrected chi connectivity index (χ1v) is 6.70. The van der Waals surface area contributed by atoms with E-state index in [0.717, 1.165) is 28.8 Å². The van der Waals surface area contributed by atoms with Crippen molar-refractivity contribution in [1.29, 1.82) is 0 Å². The zero-order valence-electron chi connectivity index (χ0n) is 10.0. The van der Waals surface area contributed by atoms with Crippen LogP contribution in [0.4, 0.5) is 0 Å². The van der Waals surface area contributed by atoms with Crippen molar-refractivity contribution in [3.63, 3.8) is 0 Å². The van der Waals surface area contributed by atoms with Crippen LogP contribution in [0.3, 0.4) is 0 Å². The van der Waals surface area contributed by atoms with E-state index in [1.54, 1.807) is 0 Å². The molecule has 0 bridgehead atoms. The highest BCUT2D eigenvalue weighted by atomic mass is 79.9. The van der Waals surface area contributed by atoms with Crippen LogP contribution >= 0.6 is 15.9 Å². The Morgan fingerprint density at radius 1 is 1.41 bits per heavy atom. The molecule has 1 unspecified atom stereocenters. The standard InChI is InChI=1S/C13H16BrNO2/c1-7-9(14)5-10-12(17-6-16-10)11(7)13(3-4-13)8(2)15/h5,8H,3-4,6,15H2,1-2H3. The molecule has 1 aromatic rings. The number of hydrogen-bond acceptors (Lipinski definition) is 3. The summed E-state index contributed by atoms with van der Waals surface area (Å²) in [6, 6.07) is 2.13. The van der Waals surface area contributed by atoms with Crippen molar-refractivity contribution in [1.82, 2.24) is 0 Å². The highest BCUT2D eigenvalue weighted by Crippen LogP contribution is 2.58. The van der Waals surface area contributed by atoms with Gasteiger partial charge in [-0.3, -0.25) is 0 Å². The van der Waals surface area contributed by atoms with Gasteiger partial charge in [-0.1, -0.05) is 15.9 Å². The molecule has 0 radical (unpaired) electrons. The van der Waals surface area contributed by atoms with Crippen LogP contribution in [-0.2, 0) is 5.41 Å². The molecule has 0 saturated heterocycles. The number of rotatable bonds is 2.